The van der Waals surface area contributed by atoms with Gasteiger partial charge in [0.1, 0.15) is 0 Å². The zero-order chi connectivity index (χ0) is 24.0. The molecule has 0 saturated carbocycles. The first-order valence-corrected chi connectivity index (χ1v) is 12.1. The first-order valence-electron chi connectivity index (χ1n) is 12.1. The van der Waals surface area contributed by atoms with Crippen molar-refractivity contribution in [3.05, 3.63) is 109 Å². The van der Waals surface area contributed by atoms with Gasteiger partial charge >= 0.3 is 0 Å². The molecule has 0 atom stereocenters. The van der Waals surface area contributed by atoms with Gasteiger partial charge in [-0.25, -0.2) is 0 Å². The monoisotopic (exact) mass is 460 g/mol. The van der Waals surface area contributed by atoms with E-state index in [1.54, 1.807) is 0 Å². The van der Waals surface area contributed by atoms with Gasteiger partial charge in [0.2, 0.25) is 0 Å². The normalized spacial score (nSPS) is 12.1. The number of phenolic OH excluding ortho intramolecular Hbond substituents is 2. The van der Waals surface area contributed by atoms with Crippen molar-refractivity contribution in [2.45, 2.75) is 0 Å². The standard InChI is InChI=1S/C34H20O2/c35-33-6-5-21-9-24-12-27-15-28-13-25-10-22-7-19-3-1-2-4-20(19)8-23(22)11-26(25)14-29(28)16-30(27)17-31(24)18-32(21)34(33)36/h1-18,35-36H. The highest BCUT2D eigenvalue weighted by Crippen LogP contribution is 2.38. The number of hydrogen-bond acceptors (Lipinski definition) is 2. The fourth-order valence-electron chi connectivity index (χ4n) is 5.75. The van der Waals surface area contributed by atoms with Gasteiger partial charge in [-0.15, -0.1) is 0 Å². The Kier molecular flexibility index (Phi) is 3.72. The van der Waals surface area contributed by atoms with Gasteiger partial charge in [0.05, 0.1) is 0 Å². The topological polar surface area (TPSA) is 40.5 Å². The van der Waals surface area contributed by atoms with Gasteiger partial charge in [-0.2, -0.15) is 0 Å². The Morgan fingerprint density at radius 3 is 1.06 bits per heavy atom. The Balaban J connectivity index is 1.39. The van der Waals surface area contributed by atoms with Crippen LogP contribution in [-0.2, 0) is 0 Å². The maximum Gasteiger partial charge on any atom is 0.165 e. The lowest BCUT2D eigenvalue weighted by Gasteiger charge is -2.10. The molecule has 8 aromatic carbocycles. The summed E-state index contributed by atoms with van der Waals surface area (Å²) in [6.45, 7) is 0. The van der Waals surface area contributed by atoms with Crippen molar-refractivity contribution in [3.63, 3.8) is 0 Å². The molecule has 0 radical (unpaired) electrons. The van der Waals surface area contributed by atoms with Crippen molar-refractivity contribution in [2.24, 2.45) is 0 Å². The van der Waals surface area contributed by atoms with E-state index >= 15 is 0 Å². The molecule has 2 heteroatoms. The second kappa shape index (κ2) is 6.87. The second-order valence-electron chi connectivity index (χ2n) is 9.85. The van der Waals surface area contributed by atoms with E-state index in [4.69, 9.17) is 0 Å². The molecule has 0 heterocycles. The highest BCUT2D eigenvalue weighted by atomic mass is 16.3. The van der Waals surface area contributed by atoms with Gasteiger partial charge < -0.3 is 10.2 Å². The van der Waals surface area contributed by atoms with E-state index in [9.17, 15) is 10.2 Å². The van der Waals surface area contributed by atoms with Crippen LogP contribution in [0.15, 0.2) is 109 Å². The fraction of sp³-hybridized carbons (Fsp3) is 0. The van der Waals surface area contributed by atoms with Crippen LogP contribution >= 0.6 is 0 Å². The Labute approximate surface area is 206 Å². The van der Waals surface area contributed by atoms with Gasteiger partial charge in [0, 0.05) is 5.39 Å². The van der Waals surface area contributed by atoms with Crippen molar-refractivity contribution in [1.29, 1.82) is 0 Å². The maximum atomic E-state index is 10.4. The summed E-state index contributed by atoms with van der Waals surface area (Å²) in [5.74, 6) is -0.166. The van der Waals surface area contributed by atoms with Crippen LogP contribution < -0.4 is 0 Å². The summed E-state index contributed by atoms with van der Waals surface area (Å²) >= 11 is 0. The summed E-state index contributed by atoms with van der Waals surface area (Å²) in [5, 5.41) is 36.3. The lowest BCUT2D eigenvalue weighted by molar-refractivity contribution is 0.408. The van der Waals surface area contributed by atoms with Crippen LogP contribution in [0.2, 0.25) is 0 Å². The SMILES string of the molecule is Oc1ccc2cc3cc4cc5cc6cc7cc8ccccc8cc7cc6cc5cc4cc3cc2c1O. The van der Waals surface area contributed by atoms with Crippen LogP contribution in [-0.4, -0.2) is 10.2 Å². The number of hydrogen-bond donors (Lipinski definition) is 2. The third-order valence-electron chi connectivity index (χ3n) is 7.61. The van der Waals surface area contributed by atoms with Gasteiger partial charge in [-0.1, -0.05) is 30.3 Å². The molecule has 8 rings (SSSR count). The molecule has 168 valence electrons. The molecule has 0 unspecified atom stereocenters. The molecule has 0 spiro atoms. The number of aromatic hydroxyl groups is 2. The van der Waals surface area contributed by atoms with E-state index in [2.05, 4.69) is 91.0 Å². The second-order valence-corrected chi connectivity index (χ2v) is 9.85. The summed E-state index contributed by atoms with van der Waals surface area (Å²) in [4.78, 5) is 0. The Morgan fingerprint density at radius 2 is 0.639 bits per heavy atom. The molecule has 0 saturated heterocycles. The molecule has 0 fully saturated rings. The molecule has 2 N–H and O–H groups in total. The number of rotatable bonds is 0. The molecule has 0 aliphatic carbocycles. The van der Waals surface area contributed by atoms with Crippen LogP contribution in [0.5, 0.6) is 11.5 Å². The number of phenols is 2. The average molecular weight is 461 g/mol. The van der Waals surface area contributed by atoms with Crippen molar-refractivity contribution >= 4 is 75.4 Å². The fourth-order valence-corrected chi connectivity index (χ4v) is 5.75. The summed E-state index contributed by atoms with van der Waals surface area (Å²) in [6, 6.07) is 38.6. The minimum atomic E-state index is -0.0963. The number of fused-ring (bicyclic) bond motifs is 7. The van der Waals surface area contributed by atoms with Crippen LogP contribution in [0.4, 0.5) is 0 Å². The number of benzene rings is 8. The predicted molar refractivity (Wildman–Crippen MR) is 152 cm³/mol. The van der Waals surface area contributed by atoms with Crippen LogP contribution in [0.25, 0.3) is 75.4 Å². The van der Waals surface area contributed by atoms with Crippen molar-refractivity contribution in [2.75, 3.05) is 0 Å². The quantitative estimate of drug-likeness (QED) is 0.175. The van der Waals surface area contributed by atoms with E-state index in [0.717, 1.165) is 21.5 Å². The van der Waals surface area contributed by atoms with E-state index < -0.39 is 0 Å². The smallest absolute Gasteiger partial charge is 0.165 e. The molecule has 0 aliphatic heterocycles. The molecular formula is C34H20O2. The first kappa shape index (κ1) is 19.5. The van der Waals surface area contributed by atoms with E-state index in [1.807, 2.05) is 12.1 Å². The lowest BCUT2D eigenvalue weighted by Crippen LogP contribution is -1.83. The Morgan fingerprint density at radius 1 is 0.306 bits per heavy atom. The van der Waals surface area contributed by atoms with Gasteiger partial charge in [0.15, 0.2) is 11.5 Å². The Hall–Kier alpha value is -4.82. The minimum absolute atomic E-state index is 0.0699. The maximum absolute atomic E-state index is 10.4. The molecule has 0 aromatic heterocycles. The summed E-state index contributed by atoms with van der Waals surface area (Å²) in [6.07, 6.45) is 0. The van der Waals surface area contributed by atoms with Crippen LogP contribution in [0, 0.1) is 0 Å². The van der Waals surface area contributed by atoms with E-state index in [-0.39, 0.29) is 11.5 Å². The molecule has 0 aliphatic rings. The van der Waals surface area contributed by atoms with Crippen molar-refractivity contribution in [1.82, 2.24) is 0 Å². The zero-order valence-electron chi connectivity index (χ0n) is 19.3. The van der Waals surface area contributed by atoms with Gasteiger partial charge in [-0.05, 0) is 149 Å². The summed E-state index contributed by atoms with van der Waals surface area (Å²) in [5.41, 5.74) is 0. The molecule has 8 aromatic rings. The zero-order valence-corrected chi connectivity index (χ0v) is 19.3. The summed E-state index contributed by atoms with van der Waals surface area (Å²) < 4.78 is 0. The summed E-state index contributed by atoms with van der Waals surface area (Å²) in [7, 11) is 0. The highest BCUT2D eigenvalue weighted by molar-refractivity contribution is 6.13. The van der Waals surface area contributed by atoms with E-state index in [1.165, 1.54) is 54.5 Å². The van der Waals surface area contributed by atoms with Crippen molar-refractivity contribution < 1.29 is 10.2 Å². The lowest BCUT2D eigenvalue weighted by atomic mass is 9.94. The molecule has 0 amide bonds. The van der Waals surface area contributed by atoms with Crippen LogP contribution in [0.3, 0.4) is 0 Å². The average Bonchev–Trinajstić information content (AvgIpc) is 2.88. The third kappa shape index (κ3) is 2.79. The van der Waals surface area contributed by atoms with Gasteiger partial charge in [0.25, 0.3) is 0 Å². The first-order chi connectivity index (χ1) is 17.6. The van der Waals surface area contributed by atoms with Gasteiger partial charge in [-0.3, -0.25) is 0 Å². The van der Waals surface area contributed by atoms with E-state index in [0.29, 0.717) is 5.39 Å². The molecule has 36 heavy (non-hydrogen) atoms. The Bertz CT molecular complexity index is 2220. The molecule has 2 nitrogen and oxygen atoms in total. The minimum Gasteiger partial charge on any atom is -0.504 e. The highest BCUT2D eigenvalue weighted by Gasteiger charge is 2.09. The molecular weight excluding hydrogens is 440 g/mol. The predicted octanol–water partition coefficient (Wildman–Crippen LogP) is 9.17. The van der Waals surface area contributed by atoms with Crippen LogP contribution in [0.1, 0.15) is 0 Å². The van der Waals surface area contributed by atoms with Crippen molar-refractivity contribution in [3.8, 4) is 11.5 Å². The third-order valence-corrected chi connectivity index (χ3v) is 7.61. The largest absolute Gasteiger partial charge is 0.504 e. The molecule has 0 bridgehead atoms.